The second kappa shape index (κ2) is 7.63. The first-order chi connectivity index (χ1) is 7.40. The topological polar surface area (TPSA) is 78.3 Å². The first-order valence-electron chi connectivity index (χ1n) is 6.03. The molecule has 0 amide bonds. The van der Waals surface area contributed by atoms with Crippen molar-refractivity contribution < 1.29 is 9.53 Å². The van der Waals surface area contributed by atoms with Gasteiger partial charge in [-0.1, -0.05) is 0 Å². The van der Waals surface area contributed by atoms with E-state index in [-0.39, 0.29) is 11.9 Å². The van der Waals surface area contributed by atoms with E-state index < -0.39 is 5.60 Å². The predicted octanol–water partition coefficient (Wildman–Crippen LogP) is 1.42. The molecule has 0 spiro atoms. The van der Waals surface area contributed by atoms with Crippen molar-refractivity contribution in [2.45, 2.75) is 52.1 Å². The number of esters is 1. The Morgan fingerprint density at radius 3 is 1.88 bits per heavy atom. The molecule has 0 aliphatic rings. The van der Waals surface area contributed by atoms with Crippen molar-refractivity contribution in [1.82, 2.24) is 0 Å². The summed E-state index contributed by atoms with van der Waals surface area (Å²) in [6, 6.07) is 0. The molecule has 0 fully saturated rings. The quantitative estimate of drug-likeness (QED) is 0.648. The van der Waals surface area contributed by atoms with E-state index >= 15 is 0 Å². The van der Waals surface area contributed by atoms with E-state index in [1.807, 2.05) is 20.8 Å². The third kappa shape index (κ3) is 7.65. The molecule has 4 nitrogen and oxygen atoms in total. The molecule has 4 N–H and O–H groups in total. The average molecular weight is 230 g/mol. The second-order valence-electron chi connectivity index (χ2n) is 5.09. The van der Waals surface area contributed by atoms with Crippen LogP contribution in [-0.4, -0.2) is 24.7 Å². The zero-order chi connectivity index (χ0) is 12.6. The number of hydrogen-bond donors (Lipinski definition) is 2. The molecule has 0 saturated heterocycles. The summed E-state index contributed by atoms with van der Waals surface area (Å²) in [5.74, 6) is -0.166. The smallest absolute Gasteiger partial charge is 0.309 e. The van der Waals surface area contributed by atoms with Crippen LogP contribution in [0.25, 0.3) is 0 Å². The number of hydrogen-bond acceptors (Lipinski definition) is 4. The lowest BCUT2D eigenvalue weighted by Gasteiger charge is -2.23. The lowest BCUT2D eigenvalue weighted by Crippen LogP contribution is -2.29. The largest absolute Gasteiger partial charge is 0.460 e. The standard InChI is InChI=1S/C12H26N2O2/c1-12(2,3)16-11(15)10(6-4-8-13)7-5-9-14/h10H,4-9,13-14H2,1-3H3. The van der Waals surface area contributed by atoms with Crippen LogP contribution in [0, 0.1) is 5.92 Å². The zero-order valence-corrected chi connectivity index (χ0v) is 10.8. The minimum atomic E-state index is -0.416. The van der Waals surface area contributed by atoms with Crippen LogP contribution in [0.2, 0.25) is 0 Å². The Hall–Kier alpha value is -0.610. The van der Waals surface area contributed by atoms with Gasteiger partial charge in [-0.05, 0) is 59.5 Å². The molecule has 0 aromatic carbocycles. The predicted molar refractivity (Wildman–Crippen MR) is 65.9 cm³/mol. The Balaban J connectivity index is 4.19. The highest BCUT2D eigenvalue weighted by Crippen LogP contribution is 2.19. The van der Waals surface area contributed by atoms with Gasteiger partial charge in [-0.25, -0.2) is 0 Å². The summed E-state index contributed by atoms with van der Waals surface area (Å²) >= 11 is 0. The molecule has 0 heterocycles. The van der Waals surface area contributed by atoms with Crippen LogP contribution >= 0.6 is 0 Å². The van der Waals surface area contributed by atoms with Gasteiger partial charge in [0.2, 0.25) is 0 Å². The van der Waals surface area contributed by atoms with Gasteiger partial charge < -0.3 is 16.2 Å². The molecular formula is C12H26N2O2. The molecular weight excluding hydrogens is 204 g/mol. The molecule has 16 heavy (non-hydrogen) atoms. The molecule has 0 saturated carbocycles. The molecule has 96 valence electrons. The van der Waals surface area contributed by atoms with Crippen LogP contribution in [0.4, 0.5) is 0 Å². The van der Waals surface area contributed by atoms with Crippen LogP contribution in [0.15, 0.2) is 0 Å². The van der Waals surface area contributed by atoms with E-state index in [1.165, 1.54) is 0 Å². The van der Waals surface area contributed by atoms with Crippen molar-refractivity contribution in [3.63, 3.8) is 0 Å². The fraction of sp³-hybridized carbons (Fsp3) is 0.917. The van der Waals surface area contributed by atoms with Gasteiger partial charge in [0.15, 0.2) is 0 Å². The van der Waals surface area contributed by atoms with Crippen LogP contribution in [-0.2, 0) is 9.53 Å². The second-order valence-corrected chi connectivity index (χ2v) is 5.09. The molecule has 0 bridgehead atoms. The SMILES string of the molecule is CC(C)(C)OC(=O)C(CCCN)CCCN. The molecule has 0 aliphatic carbocycles. The lowest BCUT2D eigenvalue weighted by atomic mass is 9.97. The summed E-state index contributed by atoms with van der Waals surface area (Å²) in [5, 5.41) is 0. The Morgan fingerprint density at radius 2 is 1.56 bits per heavy atom. The third-order valence-electron chi connectivity index (χ3n) is 2.25. The molecule has 0 aliphatic heterocycles. The van der Waals surface area contributed by atoms with Crippen LogP contribution < -0.4 is 11.5 Å². The summed E-state index contributed by atoms with van der Waals surface area (Å²) in [7, 11) is 0. The summed E-state index contributed by atoms with van der Waals surface area (Å²) in [6.07, 6.45) is 3.31. The Bertz CT molecular complexity index is 192. The van der Waals surface area contributed by atoms with E-state index in [4.69, 9.17) is 16.2 Å². The molecule has 0 aromatic heterocycles. The van der Waals surface area contributed by atoms with Crippen LogP contribution in [0.3, 0.4) is 0 Å². The van der Waals surface area contributed by atoms with Gasteiger partial charge in [0, 0.05) is 0 Å². The van der Waals surface area contributed by atoms with E-state index in [1.54, 1.807) is 0 Å². The van der Waals surface area contributed by atoms with E-state index in [9.17, 15) is 4.79 Å². The number of carbonyl (C=O) groups is 1. The molecule has 0 radical (unpaired) electrons. The van der Waals surface area contributed by atoms with Crippen LogP contribution in [0.1, 0.15) is 46.5 Å². The first kappa shape index (κ1) is 15.4. The molecule has 0 unspecified atom stereocenters. The van der Waals surface area contributed by atoms with Gasteiger partial charge in [0.1, 0.15) is 5.60 Å². The van der Waals surface area contributed by atoms with Crippen molar-refractivity contribution >= 4 is 5.97 Å². The highest BCUT2D eigenvalue weighted by molar-refractivity contribution is 5.72. The van der Waals surface area contributed by atoms with E-state index in [0.717, 1.165) is 25.7 Å². The number of rotatable bonds is 7. The fourth-order valence-corrected chi connectivity index (χ4v) is 1.49. The number of carbonyl (C=O) groups excluding carboxylic acids is 1. The van der Waals surface area contributed by atoms with Gasteiger partial charge in [-0.2, -0.15) is 0 Å². The average Bonchev–Trinajstić information content (AvgIpc) is 2.15. The maximum atomic E-state index is 11.9. The molecule has 0 atom stereocenters. The summed E-state index contributed by atoms with van der Waals surface area (Å²) in [4.78, 5) is 11.9. The monoisotopic (exact) mass is 230 g/mol. The first-order valence-corrected chi connectivity index (χ1v) is 6.03. The van der Waals surface area contributed by atoms with E-state index in [0.29, 0.717) is 13.1 Å². The maximum absolute atomic E-state index is 11.9. The minimum Gasteiger partial charge on any atom is -0.460 e. The van der Waals surface area contributed by atoms with Crippen molar-refractivity contribution in [2.24, 2.45) is 17.4 Å². The van der Waals surface area contributed by atoms with Gasteiger partial charge in [-0.3, -0.25) is 4.79 Å². The molecule has 0 rings (SSSR count). The van der Waals surface area contributed by atoms with Crippen LogP contribution in [0.5, 0.6) is 0 Å². The Morgan fingerprint density at radius 1 is 1.12 bits per heavy atom. The number of ether oxygens (including phenoxy) is 1. The van der Waals surface area contributed by atoms with Gasteiger partial charge in [0.25, 0.3) is 0 Å². The lowest BCUT2D eigenvalue weighted by molar-refractivity contribution is -0.160. The third-order valence-corrected chi connectivity index (χ3v) is 2.25. The van der Waals surface area contributed by atoms with Gasteiger partial charge >= 0.3 is 5.97 Å². The minimum absolute atomic E-state index is 0.0497. The van der Waals surface area contributed by atoms with Gasteiger partial charge in [0.05, 0.1) is 5.92 Å². The zero-order valence-electron chi connectivity index (χ0n) is 10.8. The highest BCUT2D eigenvalue weighted by Gasteiger charge is 2.24. The van der Waals surface area contributed by atoms with E-state index in [2.05, 4.69) is 0 Å². The highest BCUT2D eigenvalue weighted by atomic mass is 16.6. The fourth-order valence-electron chi connectivity index (χ4n) is 1.49. The summed E-state index contributed by atoms with van der Waals surface area (Å²) in [6.45, 7) is 6.87. The molecule has 0 aromatic rings. The maximum Gasteiger partial charge on any atom is 0.309 e. The Kier molecular flexibility index (Phi) is 7.34. The van der Waals surface area contributed by atoms with Crippen molar-refractivity contribution in [1.29, 1.82) is 0 Å². The Labute approximate surface area is 98.7 Å². The van der Waals surface area contributed by atoms with Crippen molar-refractivity contribution in [2.75, 3.05) is 13.1 Å². The normalized spacial score (nSPS) is 11.9. The van der Waals surface area contributed by atoms with Crippen molar-refractivity contribution in [3.05, 3.63) is 0 Å². The van der Waals surface area contributed by atoms with Crippen molar-refractivity contribution in [3.8, 4) is 0 Å². The van der Waals surface area contributed by atoms with Gasteiger partial charge in [-0.15, -0.1) is 0 Å². The summed E-state index contributed by atoms with van der Waals surface area (Å²) < 4.78 is 5.37. The molecule has 4 heteroatoms. The summed E-state index contributed by atoms with van der Waals surface area (Å²) in [5.41, 5.74) is 10.5. The number of nitrogens with two attached hydrogens (primary N) is 2.